The van der Waals surface area contributed by atoms with Crippen molar-refractivity contribution in [3.05, 3.63) is 30.5 Å². The number of carbonyl (C=O) groups is 1. The van der Waals surface area contributed by atoms with E-state index in [0.29, 0.717) is 19.0 Å². The molecule has 1 atom stereocenters. The van der Waals surface area contributed by atoms with Crippen molar-refractivity contribution in [3.63, 3.8) is 0 Å². The van der Waals surface area contributed by atoms with Crippen molar-refractivity contribution in [3.8, 4) is 5.88 Å². The maximum Gasteiger partial charge on any atom is 0.410 e. The Morgan fingerprint density at radius 2 is 2.00 bits per heavy atom. The number of hydrogen-bond acceptors (Lipinski definition) is 5. The molecule has 0 bridgehead atoms. The Morgan fingerprint density at radius 3 is 2.75 bits per heavy atom. The fraction of sp³-hybridized carbons (Fsp3) is 0.500. The van der Waals surface area contributed by atoms with Crippen molar-refractivity contribution < 1.29 is 14.3 Å². The van der Waals surface area contributed by atoms with Crippen LogP contribution in [-0.2, 0) is 4.74 Å². The largest absolute Gasteiger partial charge is 0.471 e. The van der Waals surface area contributed by atoms with E-state index >= 15 is 0 Å². The predicted molar refractivity (Wildman–Crippen MR) is 91.0 cm³/mol. The molecule has 0 aliphatic carbocycles. The molecule has 0 unspecified atom stereocenters. The summed E-state index contributed by atoms with van der Waals surface area (Å²) < 4.78 is 11.4. The van der Waals surface area contributed by atoms with E-state index in [0.717, 1.165) is 23.9 Å². The number of ether oxygens (including phenoxy) is 2. The van der Waals surface area contributed by atoms with Crippen molar-refractivity contribution in [2.24, 2.45) is 0 Å². The second kappa shape index (κ2) is 6.63. The highest BCUT2D eigenvalue weighted by atomic mass is 16.6. The molecule has 0 spiro atoms. The van der Waals surface area contributed by atoms with Crippen molar-refractivity contribution in [1.29, 1.82) is 0 Å². The van der Waals surface area contributed by atoms with Gasteiger partial charge in [0.25, 0.3) is 0 Å². The lowest BCUT2D eigenvalue weighted by Crippen LogP contribution is -2.46. The first-order valence-corrected chi connectivity index (χ1v) is 8.27. The molecule has 0 saturated carbocycles. The first-order valence-electron chi connectivity index (χ1n) is 8.27. The number of rotatable bonds is 2. The van der Waals surface area contributed by atoms with E-state index in [4.69, 9.17) is 9.47 Å². The van der Waals surface area contributed by atoms with Crippen LogP contribution in [0.25, 0.3) is 11.0 Å². The minimum absolute atomic E-state index is 0.0956. The number of likely N-dealkylation sites (tertiary alicyclic amines) is 1. The molecule has 1 aliphatic rings. The van der Waals surface area contributed by atoms with Crippen LogP contribution in [0, 0.1) is 0 Å². The van der Waals surface area contributed by atoms with E-state index in [1.807, 2.05) is 45.0 Å². The Morgan fingerprint density at radius 1 is 1.25 bits per heavy atom. The number of nitrogens with zero attached hydrogens (tertiary/aromatic N) is 3. The highest BCUT2D eigenvalue weighted by Gasteiger charge is 2.28. The molecular formula is C18H23N3O3. The normalized spacial score (nSPS) is 18.5. The highest BCUT2D eigenvalue weighted by Crippen LogP contribution is 2.20. The molecule has 128 valence electrons. The van der Waals surface area contributed by atoms with E-state index in [-0.39, 0.29) is 12.2 Å². The number of hydrogen-bond donors (Lipinski definition) is 0. The van der Waals surface area contributed by atoms with Gasteiger partial charge in [-0.05, 0) is 45.7 Å². The summed E-state index contributed by atoms with van der Waals surface area (Å²) in [5.74, 6) is 0.490. The molecule has 6 heteroatoms. The molecule has 24 heavy (non-hydrogen) atoms. The van der Waals surface area contributed by atoms with Gasteiger partial charge in [-0.3, -0.25) is 0 Å². The summed E-state index contributed by atoms with van der Waals surface area (Å²) in [6.45, 7) is 6.80. The van der Waals surface area contributed by atoms with E-state index in [1.165, 1.54) is 0 Å². The van der Waals surface area contributed by atoms with E-state index in [9.17, 15) is 4.79 Å². The smallest absolute Gasteiger partial charge is 0.410 e. The van der Waals surface area contributed by atoms with Gasteiger partial charge in [0.1, 0.15) is 11.7 Å². The Balaban J connectivity index is 1.65. The fourth-order valence-electron chi connectivity index (χ4n) is 2.69. The SMILES string of the molecule is CC(C)(C)OC(=O)N1CCC[C@H](Oc2cnc3ccccc3n2)C1. The molecule has 0 N–H and O–H groups in total. The zero-order valence-corrected chi connectivity index (χ0v) is 14.4. The van der Waals surface area contributed by atoms with Crippen LogP contribution in [0.5, 0.6) is 5.88 Å². The van der Waals surface area contributed by atoms with Gasteiger partial charge in [0.15, 0.2) is 0 Å². The Bertz CT molecular complexity index is 727. The molecule has 1 aliphatic heterocycles. The van der Waals surface area contributed by atoms with Crippen LogP contribution >= 0.6 is 0 Å². The van der Waals surface area contributed by atoms with Crippen LogP contribution in [0.1, 0.15) is 33.6 Å². The maximum absolute atomic E-state index is 12.2. The quantitative estimate of drug-likeness (QED) is 0.845. The zero-order valence-electron chi connectivity index (χ0n) is 14.4. The molecule has 0 radical (unpaired) electrons. The second-order valence-corrected chi connectivity index (χ2v) is 7.01. The van der Waals surface area contributed by atoms with Gasteiger partial charge in [0.05, 0.1) is 23.8 Å². The molecule has 3 rings (SSSR count). The minimum Gasteiger partial charge on any atom is -0.471 e. The fourth-order valence-corrected chi connectivity index (χ4v) is 2.69. The molecule has 2 aromatic rings. The topological polar surface area (TPSA) is 64.5 Å². The first-order chi connectivity index (χ1) is 11.4. The Labute approximate surface area is 141 Å². The summed E-state index contributed by atoms with van der Waals surface area (Å²) >= 11 is 0. The van der Waals surface area contributed by atoms with Gasteiger partial charge in [-0.15, -0.1) is 0 Å². The summed E-state index contributed by atoms with van der Waals surface area (Å²) in [5.41, 5.74) is 1.15. The average molecular weight is 329 g/mol. The molecule has 1 amide bonds. The maximum atomic E-state index is 12.2. The second-order valence-electron chi connectivity index (χ2n) is 7.01. The van der Waals surface area contributed by atoms with Gasteiger partial charge in [-0.2, -0.15) is 0 Å². The van der Waals surface area contributed by atoms with Crippen LogP contribution in [-0.4, -0.2) is 45.8 Å². The van der Waals surface area contributed by atoms with Gasteiger partial charge in [-0.1, -0.05) is 12.1 Å². The van der Waals surface area contributed by atoms with Crippen molar-refractivity contribution in [2.75, 3.05) is 13.1 Å². The van der Waals surface area contributed by atoms with Crippen LogP contribution < -0.4 is 4.74 Å². The van der Waals surface area contributed by atoms with Gasteiger partial charge < -0.3 is 14.4 Å². The number of amides is 1. The summed E-state index contributed by atoms with van der Waals surface area (Å²) in [6, 6.07) is 7.67. The van der Waals surface area contributed by atoms with Crippen LogP contribution in [0.15, 0.2) is 30.5 Å². The standard InChI is InChI=1S/C18H23N3O3/c1-18(2,3)24-17(22)21-10-6-7-13(12-21)23-16-11-19-14-8-4-5-9-15(14)20-16/h4-5,8-9,11,13H,6-7,10,12H2,1-3H3/t13-/m0/s1. The third kappa shape index (κ3) is 4.13. The van der Waals surface area contributed by atoms with Crippen LogP contribution in [0.2, 0.25) is 0 Å². The molecule has 6 nitrogen and oxygen atoms in total. The molecular weight excluding hydrogens is 306 g/mol. The lowest BCUT2D eigenvalue weighted by molar-refractivity contribution is 0.00722. The third-order valence-corrected chi connectivity index (χ3v) is 3.74. The number of benzene rings is 1. The molecule has 1 aromatic carbocycles. The van der Waals surface area contributed by atoms with Gasteiger partial charge in [-0.25, -0.2) is 14.8 Å². The molecule has 1 fully saturated rings. The molecule has 2 heterocycles. The predicted octanol–water partition coefficient (Wildman–Crippen LogP) is 3.41. The highest BCUT2D eigenvalue weighted by molar-refractivity contribution is 5.74. The monoisotopic (exact) mass is 329 g/mol. The van der Waals surface area contributed by atoms with Crippen molar-refractivity contribution in [2.45, 2.75) is 45.3 Å². The number of piperidine rings is 1. The third-order valence-electron chi connectivity index (χ3n) is 3.74. The summed E-state index contributed by atoms with van der Waals surface area (Å²) in [7, 11) is 0. The molecule has 1 saturated heterocycles. The first kappa shape index (κ1) is 16.5. The number of carbonyl (C=O) groups excluding carboxylic acids is 1. The Kier molecular flexibility index (Phi) is 4.55. The summed E-state index contributed by atoms with van der Waals surface area (Å²) in [4.78, 5) is 22.7. The van der Waals surface area contributed by atoms with Gasteiger partial charge in [0.2, 0.25) is 5.88 Å². The van der Waals surface area contributed by atoms with Crippen molar-refractivity contribution in [1.82, 2.24) is 14.9 Å². The van der Waals surface area contributed by atoms with Gasteiger partial charge >= 0.3 is 6.09 Å². The van der Waals surface area contributed by atoms with Crippen LogP contribution in [0.4, 0.5) is 4.79 Å². The number of para-hydroxylation sites is 2. The van der Waals surface area contributed by atoms with Crippen LogP contribution in [0.3, 0.4) is 0 Å². The summed E-state index contributed by atoms with van der Waals surface area (Å²) in [5, 5.41) is 0. The average Bonchev–Trinajstić information content (AvgIpc) is 2.53. The molecule has 1 aromatic heterocycles. The van der Waals surface area contributed by atoms with E-state index in [2.05, 4.69) is 9.97 Å². The number of aromatic nitrogens is 2. The zero-order chi connectivity index (χ0) is 17.2. The lowest BCUT2D eigenvalue weighted by atomic mass is 10.1. The lowest BCUT2D eigenvalue weighted by Gasteiger charge is -2.33. The van der Waals surface area contributed by atoms with Gasteiger partial charge in [0, 0.05) is 6.54 Å². The van der Waals surface area contributed by atoms with Crippen molar-refractivity contribution >= 4 is 17.1 Å². The Hall–Kier alpha value is -2.37. The summed E-state index contributed by atoms with van der Waals surface area (Å²) in [6.07, 6.45) is 3.01. The number of fused-ring (bicyclic) bond motifs is 1. The minimum atomic E-state index is -0.491. The van der Waals surface area contributed by atoms with E-state index < -0.39 is 5.60 Å². The van der Waals surface area contributed by atoms with E-state index in [1.54, 1.807) is 11.1 Å².